The minimum Gasteiger partial charge on any atom is -0.309 e. The average Bonchev–Trinajstić information content (AvgIpc) is 2.86. The van der Waals surface area contributed by atoms with Gasteiger partial charge in [-0.3, -0.25) is 4.90 Å². The quantitative estimate of drug-likeness (QED) is 0.658. The lowest BCUT2D eigenvalue weighted by atomic mass is 9.93. The van der Waals surface area contributed by atoms with Gasteiger partial charge in [0.2, 0.25) is 0 Å². The maximum absolute atomic E-state index is 3.80. The minimum atomic E-state index is 0.390. The van der Waals surface area contributed by atoms with E-state index in [1.165, 1.54) is 25.9 Å². The molecule has 0 spiro atoms. The molecule has 1 unspecified atom stereocenters. The Morgan fingerprint density at radius 1 is 1.62 bits per heavy atom. The van der Waals surface area contributed by atoms with Gasteiger partial charge in [-0.1, -0.05) is 6.08 Å². The number of hydrogen-bond acceptors (Lipinski definition) is 2. The zero-order valence-corrected chi connectivity index (χ0v) is 8.55. The first-order valence-electron chi connectivity index (χ1n) is 5.33. The summed E-state index contributed by atoms with van der Waals surface area (Å²) in [5, 5.41) is 3.67. The van der Waals surface area contributed by atoms with Crippen LogP contribution in [0.25, 0.3) is 0 Å². The van der Waals surface area contributed by atoms with Crippen molar-refractivity contribution in [1.82, 2.24) is 10.2 Å². The highest BCUT2D eigenvalue weighted by Gasteiger charge is 2.43. The van der Waals surface area contributed by atoms with Gasteiger partial charge in [-0.05, 0) is 25.7 Å². The summed E-state index contributed by atoms with van der Waals surface area (Å²) in [5.41, 5.74) is 0.390. The van der Waals surface area contributed by atoms with E-state index in [1.54, 1.807) is 0 Å². The number of hydrogen-bond donors (Lipinski definition) is 1. The van der Waals surface area contributed by atoms with Crippen molar-refractivity contribution in [2.45, 2.75) is 25.3 Å². The molecule has 1 aliphatic heterocycles. The molecule has 2 rings (SSSR count). The molecule has 2 fully saturated rings. The molecule has 1 heterocycles. The molecule has 0 aromatic carbocycles. The lowest BCUT2D eigenvalue weighted by molar-refractivity contribution is 0.138. The zero-order valence-electron chi connectivity index (χ0n) is 8.55. The molecule has 1 saturated heterocycles. The van der Waals surface area contributed by atoms with Crippen LogP contribution in [-0.2, 0) is 0 Å². The van der Waals surface area contributed by atoms with Crippen LogP contribution in [0.1, 0.15) is 19.8 Å². The molecule has 0 aromatic rings. The molecule has 0 bridgehead atoms. The van der Waals surface area contributed by atoms with Crippen LogP contribution in [0.4, 0.5) is 0 Å². The highest BCUT2D eigenvalue weighted by Crippen LogP contribution is 2.40. The van der Waals surface area contributed by atoms with Gasteiger partial charge in [-0.2, -0.15) is 0 Å². The summed E-state index contributed by atoms with van der Waals surface area (Å²) in [6.07, 6.45) is 4.86. The SMILES string of the molecule is C=CCN1CCNC(C)(C2CC2)C1. The second kappa shape index (κ2) is 3.43. The third kappa shape index (κ3) is 1.94. The fraction of sp³-hybridized carbons (Fsp3) is 0.818. The van der Waals surface area contributed by atoms with Gasteiger partial charge < -0.3 is 5.32 Å². The molecular weight excluding hydrogens is 160 g/mol. The Hall–Kier alpha value is -0.340. The first kappa shape index (κ1) is 9.22. The summed E-state index contributed by atoms with van der Waals surface area (Å²) >= 11 is 0. The largest absolute Gasteiger partial charge is 0.309 e. The van der Waals surface area contributed by atoms with Crippen LogP contribution in [0.3, 0.4) is 0 Å². The smallest absolute Gasteiger partial charge is 0.0309 e. The van der Waals surface area contributed by atoms with E-state index in [-0.39, 0.29) is 0 Å². The van der Waals surface area contributed by atoms with Crippen molar-refractivity contribution < 1.29 is 0 Å². The van der Waals surface area contributed by atoms with Crippen molar-refractivity contribution in [3.05, 3.63) is 12.7 Å². The van der Waals surface area contributed by atoms with E-state index in [2.05, 4.69) is 23.7 Å². The number of nitrogens with zero attached hydrogens (tertiary/aromatic N) is 1. The molecule has 0 radical (unpaired) electrons. The maximum atomic E-state index is 3.80. The van der Waals surface area contributed by atoms with E-state index in [4.69, 9.17) is 0 Å². The Kier molecular flexibility index (Phi) is 2.43. The van der Waals surface area contributed by atoms with Gasteiger partial charge in [0.15, 0.2) is 0 Å². The van der Waals surface area contributed by atoms with Gasteiger partial charge in [0.1, 0.15) is 0 Å². The van der Waals surface area contributed by atoms with Crippen LogP contribution in [0.15, 0.2) is 12.7 Å². The van der Waals surface area contributed by atoms with Gasteiger partial charge >= 0.3 is 0 Å². The third-order valence-electron chi connectivity index (χ3n) is 3.37. The summed E-state index contributed by atoms with van der Waals surface area (Å²) in [7, 11) is 0. The third-order valence-corrected chi connectivity index (χ3v) is 3.37. The molecule has 0 amide bonds. The molecule has 2 aliphatic rings. The second-order valence-electron chi connectivity index (χ2n) is 4.64. The maximum Gasteiger partial charge on any atom is 0.0309 e. The Bertz CT molecular complexity index is 198. The molecule has 13 heavy (non-hydrogen) atoms. The molecule has 0 aromatic heterocycles. The molecule has 1 atom stereocenters. The zero-order chi connectivity index (χ0) is 9.31. The van der Waals surface area contributed by atoms with Gasteiger partial charge in [0, 0.05) is 31.7 Å². The molecule has 1 N–H and O–H groups in total. The number of nitrogens with one attached hydrogen (secondary N) is 1. The van der Waals surface area contributed by atoms with E-state index in [0.29, 0.717) is 5.54 Å². The van der Waals surface area contributed by atoms with E-state index in [0.717, 1.165) is 19.0 Å². The molecule has 2 nitrogen and oxygen atoms in total. The van der Waals surface area contributed by atoms with Crippen LogP contribution >= 0.6 is 0 Å². The standard InChI is InChI=1S/C11H20N2/c1-3-7-13-8-6-12-11(2,9-13)10-4-5-10/h3,10,12H,1,4-9H2,2H3. The summed E-state index contributed by atoms with van der Waals surface area (Å²) in [6.45, 7) is 10.7. The molecular formula is C11H20N2. The van der Waals surface area contributed by atoms with Crippen LogP contribution in [-0.4, -0.2) is 36.6 Å². The van der Waals surface area contributed by atoms with Crippen molar-refractivity contribution in [1.29, 1.82) is 0 Å². The Balaban J connectivity index is 1.93. The van der Waals surface area contributed by atoms with Crippen molar-refractivity contribution in [3.8, 4) is 0 Å². The summed E-state index contributed by atoms with van der Waals surface area (Å²) < 4.78 is 0. The number of rotatable bonds is 3. The second-order valence-corrected chi connectivity index (χ2v) is 4.64. The fourth-order valence-electron chi connectivity index (χ4n) is 2.43. The molecule has 1 aliphatic carbocycles. The van der Waals surface area contributed by atoms with Crippen molar-refractivity contribution in [3.63, 3.8) is 0 Å². The average molecular weight is 180 g/mol. The normalized spacial score (nSPS) is 36.1. The minimum absolute atomic E-state index is 0.390. The first-order valence-corrected chi connectivity index (χ1v) is 5.33. The Labute approximate surface area is 81.0 Å². The van der Waals surface area contributed by atoms with Crippen molar-refractivity contribution in [2.24, 2.45) is 5.92 Å². The first-order chi connectivity index (χ1) is 6.24. The Morgan fingerprint density at radius 3 is 3.00 bits per heavy atom. The van der Waals surface area contributed by atoms with Crippen LogP contribution < -0.4 is 5.32 Å². The van der Waals surface area contributed by atoms with E-state index < -0.39 is 0 Å². The predicted molar refractivity (Wildman–Crippen MR) is 55.8 cm³/mol. The van der Waals surface area contributed by atoms with Gasteiger partial charge in [0.05, 0.1) is 0 Å². The van der Waals surface area contributed by atoms with Gasteiger partial charge in [-0.25, -0.2) is 0 Å². The lowest BCUT2D eigenvalue weighted by Gasteiger charge is -2.41. The van der Waals surface area contributed by atoms with Crippen molar-refractivity contribution in [2.75, 3.05) is 26.2 Å². The van der Waals surface area contributed by atoms with Crippen LogP contribution in [0.5, 0.6) is 0 Å². The topological polar surface area (TPSA) is 15.3 Å². The van der Waals surface area contributed by atoms with E-state index >= 15 is 0 Å². The molecule has 74 valence electrons. The summed E-state index contributed by atoms with van der Waals surface area (Å²) in [4.78, 5) is 2.50. The fourth-order valence-corrected chi connectivity index (χ4v) is 2.43. The van der Waals surface area contributed by atoms with E-state index in [1.807, 2.05) is 6.08 Å². The summed E-state index contributed by atoms with van der Waals surface area (Å²) in [5.74, 6) is 0.931. The predicted octanol–water partition coefficient (Wildman–Crippen LogP) is 1.25. The summed E-state index contributed by atoms with van der Waals surface area (Å²) in [6, 6.07) is 0. The van der Waals surface area contributed by atoms with Gasteiger partial charge in [0.25, 0.3) is 0 Å². The molecule has 2 heteroatoms. The highest BCUT2D eigenvalue weighted by molar-refractivity contribution is 5.02. The number of piperazine rings is 1. The van der Waals surface area contributed by atoms with Crippen molar-refractivity contribution >= 4 is 0 Å². The molecule has 1 saturated carbocycles. The van der Waals surface area contributed by atoms with Gasteiger partial charge in [-0.15, -0.1) is 6.58 Å². The monoisotopic (exact) mass is 180 g/mol. The Morgan fingerprint density at radius 2 is 2.38 bits per heavy atom. The highest BCUT2D eigenvalue weighted by atomic mass is 15.2. The lowest BCUT2D eigenvalue weighted by Crippen LogP contribution is -2.59. The van der Waals surface area contributed by atoms with E-state index in [9.17, 15) is 0 Å². The van der Waals surface area contributed by atoms with Crippen LogP contribution in [0, 0.1) is 5.92 Å². The van der Waals surface area contributed by atoms with Crippen LogP contribution in [0.2, 0.25) is 0 Å².